The maximum atomic E-state index is 12.6. The van der Waals surface area contributed by atoms with Crippen LogP contribution in [-0.2, 0) is 12.7 Å². The molecule has 0 radical (unpaired) electrons. The van der Waals surface area contributed by atoms with Crippen molar-refractivity contribution in [3.05, 3.63) is 22.9 Å². The molecule has 0 fully saturated rings. The molecule has 1 heterocycles. The van der Waals surface area contributed by atoms with E-state index >= 15 is 0 Å². The lowest BCUT2D eigenvalue weighted by Crippen LogP contribution is -2.16. The number of rotatable bonds is 3. The van der Waals surface area contributed by atoms with Gasteiger partial charge in [-0.05, 0) is 0 Å². The average molecular weight is 256 g/mol. The molecule has 0 atom stereocenters. The highest BCUT2D eigenvalue weighted by atomic mass is 19.4. The summed E-state index contributed by atoms with van der Waals surface area (Å²) in [6, 6.07) is 0.550. The zero-order chi connectivity index (χ0) is 13.2. The number of aromatic nitrogens is 1. The van der Waals surface area contributed by atoms with Crippen LogP contribution in [0.15, 0.2) is 6.07 Å². The van der Waals surface area contributed by atoms with Gasteiger partial charge in [-0.15, -0.1) is 0 Å². The Balaban J connectivity index is 3.51. The number of hydrogen-bond acceptors (Lipinski definition) is 3. The zero-order valence-electron chi connectivity index (χ0n) is 8.68. The number of alkyl halides is 5. The lowest BCUT2D eigenvalue weighted by Gasteiger charge is -2.16. The molecule has 0 saturated carbocycles. The quantitative estimate of drug-likeness (QED) is 0.845. The van der Waals surface area contributed by atoms with E-state index < -0.39 is 41.8 Å². The summed E-state index contributed by atoms with van der Waals surface area (Å²) in [4.78, 5) is 3.28. The summed E-state index contributed by atoms with van der Waals surface area (Å²) >= 11 is 0. The summed E-state index contributed by atoms with van der Waals surface area (Å²) in [5, 5.41) is 0. The van der Waals surface area contributed by atoms with Gasteiger partial charge in [0.15, 0.2) is 0 Å². The average Bonchev–Trinajstić information content (AvgIpc) is 2.25. The van der Waals surface area contributed by atoms with Gasteiger partial charge in [0.1, 0.15) is 5.69 Å². The van der Waals surface area contributed by atoms with Crippen molar-refractivity contribution in [1.82, 2.24) is 4.98 Å². The highest BCUT2D eigenvalue weighted by Gasteiger charge is 2.36. The number of nitrogens with two attached hydrogens (primary N) is 1. The van der Waals surface area contributed by atoms with Gasteiger partial charge < -0.3 is 10.5 Å². The van der Waals surface area contributed by atoms with Crippen molar-refractivity contribution in [2.75, 3.05) is 7.11 Å². The second-order valence-electron chi connectivity index (χ2n) is 3.08. The first kappa shape index (κ1) is 13.6. The fourth-order valence-electron chi connectivity index (χ4n) is 1.32. The van der Waals surface area contributed by atoms with Crippen LogP contribution in [-0.4, -0.2) is 12.1 Å². The van der Waals surface area contributed by atoms with E-state index in [1.54, 1.807) is 0 Å². The molecule has 0 aliphatic heterocycles. The Bertz CT molecular complexity index is 405. The third-order valence-electron chi connectivity index (χ3n) is 2.06. The van der Waals surface area contributed by atoms with Crippen LogP contribution in [0.25, 0.3) is 0 Å². The number of methoxy groups -OCH3 is 1. The minimum absolute atomic E-state index is 0.523. The molecule has 0 unspecified atom stereocenters. The third-order valence-corrected chi connectivity index (χ3v) is 2.06. The Labute approximate surface area is 93.4 Å². The molecule has 1 aromatic rings. The monoisotopic (exact) mass is 256 g/mol. The lowest BCUT2D eigenvalue weighted by molar-refractivity contribution is -0.138. The van der Waals surface area contributed by atoms with Crippen molar-refractivity contribution < 1.29 is 26.7 Å². The molecular formula is C9H9F5N2O. The molecule has 0 aliphatic rings. The Morgan fingerprint density at radius 2 is 2.00 bits per heavy atom. The van der Waals surface area contributed by atoms with Crippen LogP contribution >= 0.6 is 0 Å². The molecule has 0 aromatic carbocycles. The summed E-state index contributed by atoms with van der Waals surface area (Å²) in [6.45, 7) is -0.675. The van der Waals surface area contributed by atoms with E-state index in [2.05, 4.69) is 9.72 Å². The van der Waals surface area contributed by atoms with E-state index in [9.17, 15) is 22.0 Å². The summed E-state index contributed by atoms with van der Waals surface area (Å²) < 4.78 is 67.4. The lowest BCUT2D eigenvalue weighted by atomic mass is 10.1. The van der Waals surface area contributed by atoms with E-state index in [1.165, 1.54) is 0 Å². The standard InChI is InChI=1S/C9H9F5N2O/c1-17-6-2-5(9(12,13)14)4(3-15)7(16-6)8(10)11/h2,8H,3,15H2,1H3. The van der Waals surface area contributed by atoms with Crippen LogP contribution in [0.2, 0.25) is 0 Å². The molecular weight excluding hydrogens is 247 g/mol. The van der Waals surface area contributed by atoms with Gasteiger partial charge in [0, 0.05) is 18.2 Å². The third kappa shape index (κ3) is 2.82. The highest BCUT2D eigenvalue weighted by molar-refractivity contribution is 5.37. The van der Waals surface area contributed by atoms with E-state index in [1.807, 2.05) is 0 Å². The Kier molecular flexibility index (Phi) is 3.87. The minimum atomic E-state index is -4.78. The molecule has 8 heteroatoms. The molecule has 0 aliphatic carbocycles. The van der Waals surface area contributed by atoms with Gasteiger partial charge in [0.2, 0.25) is 5.88 Å². The second-order valence-corrected chi connectivity index (χ2v) is 3.08. The minimum Gasteiger partial charge on any atom is -0.481 e. The van der Waals surface area contributed by atoms with Crippen molar-refractivity contribution in [2.24, 2.45) is 5.73 Å². The SMILES string of the molecule is COc1cc(C(F)(F)F)c(CN)c(C(F)F)n1. The van der Waals surface area contributed by atoms with Crippen LogP contribution in [0.4, 0.5) is 22.0 Å². The molecule has 1 aromatic heterocycles. The number of hydrogen-bond donors (Lipinski definition) is 1. The van der Waals surface area contributed by atoms with Gasteiger partial charge in [-0.3, -0.25) is 0 Å². The molecule has 0 saturated heterocycles. The summed E-state index contributed by atoms with van der Waals surface area (Å²) in [6.07, 6.45) is -7.93. The van der Waals surface area contributed by atoms with Crippen LogP contribution in [0.3, 0.4) is 0 Å². The smallest absolute Gasteiger partial charge is 0.416 e. The first-order valence-corrected chi connectivity index (χ1v) is 4.44. The van der Waals surface area contributed by atoms with Gasteiger partial charge in [-0.2, -0.15) is 13.2 Å². The first-order chi connectivity index (χ1) is 7.81. The number of pyridine rings is 1. The van der Waals surface area contributed by atoms with E-state index in [0.29, 0.717) is 6.07 Å². The predicted molar refractivity (Wildman–Crippen MR) is 48.6 cm³/mol. The fourth-order valence-corrected chi connectivity index (χ4v) is 1.32. The van der Waals surface area contributed by atoms with Crippen molar-refractivity contribution in [3.8, 4) is 5.88 Å². The van der Waals surface area contributed by atoms with Crippen molar-refractivity contribution in [2.45, 2.75) is 19.1 Å². The molecule has 1 rings (SSSR count). The zero-order valence-corrected chi connectivity index (χ0v) is 8.68. The second kappa shape index (κ2) is 4.82. The number of halogens is 5. The summed E-state index contributed by atoms with van der Waals surface area (Å²) in [7, 11) is 1.04. The topological polar surface area (TPSA) is 48.1 Å². The molecule has 17 heavy (non-hydrogen) atoms. The van der Waals surface area contributed by atoms with Gasteiger partial charge in [-0.25, -0.2) is 13.8 Å². The predicted octanol–water partition coefficient (Wildman–Crippen LogP) is 2.51. The van der Waals surface area contributed by atoms with E-state index in [0.717, 1.165) is 7.11 Å². The van der Waals surface area contributed by atoms with Gasteiger partial charge >= 0.3 is 6.18 Å². The Morgan fingerprint density at radius 1 is 1.41 bits per heavy atom. The highest BCUT2D eigenvalue weighted by Crippen LogP contribution is 2.37. The molecule has 3 nitrogen and oxygen atoms in total. The van der Waals surface area contributed by atoms with Crippen LogP contribution < -0.4 is 10.5 Å². The van der Waals surface area contributed by atoms with Gasteiger partial charge in [0.25, 0.3) is 6.43 Å². The maximum absolute atomic E-state index is 12.6. The number of ether oxygens (including phenoxy) is 1. The number of nitrogens with zero attached hydrogens (tertiary/aromatic N) is 1. The first-order valence-electron chi connectivity index (χ1n) is 4.44. The van der Waals surface area contributed by atoms with Crippen LogP contribution in [0.1, 0.15) is 23.2 Å². The molecule has 0 bridgehead atoms. The molecule has 96 valence electrons. The van der Waals surface area contributed by atoms with E-state index in [-0.39, 0.29) is 0 Å². The maximum Gasteiger partial charge on any atom is 0.416 e. The van der Waals surface area contributed by atoms with Crippen molar-refractivity contribution >= 4 is 0 Å². The summed E-state index contributed by atoms with van der Waals surface area (Å²) in [5.74, 6) is -0.523. The largest absolute Gasteiger partial charge is 0.481 e. The van der Waals surface area contributed by atoms with Crippen LogP contribution in [0.5, 0.6) is 5.88 Å². The van der Waals surface area contributed by atoms with E-state index in [4.69, 9.17) is 5.73 Å². The normalized spacial score (nSPS) is 12.0. The van der Waals surface area contributed by atoms with Gasteiger partial charge in [0.05, 0.1) is 12.7 Å². The fraction of sp³-hybridized carbons (Fsp3) is 0.444. The molecule has 2 N–H and O–H groups in total. The Hall–Kier alpha value is -1.44. The summed E-state index contributed by atoms with van der Waals surface area (Å²) in [5.41, 5.74) is 2.10. The Morgan fingerprint density at radius 3 is 2.35 bits per heavy atom. The van der Waals surface area contributed by atoms with Crippen molar-refractivity contribution in [1.29, 1.82) is 0 Å². The molecule has 0 spiro atoms. The molecule has 0 amide bonds. The van der Waals surface area contributed by atoms with Crippen molar-refractivity contribution in [3.63, 3.8) is 0 Å². The van der Waals surface area contributed by atoms with Crippen LogP contribution in [0, 0.1) is 0 Å². The van der Waals surface area contributed by atoms with Gasteiger partial charge in [-0.1, -0.05) is 0 Å².